The van der Waals surface area contributed by atoms with Crippen molar-refractivity contribution in [3.63, 3.8) is 0 Å². The lowest BCUT2D eigenvalue weighted by Gasteiger charge is -2.25. The molecule has 5 heteroatoms. The highest BCUT2D eigenvalue weighted by Crippen LogP contribution is 2.27. The van der Waals surface area contributed by atoms with Gasteiger partial charge in [0.25, 0.3) is 0 Å². The Hall–Kier alpha value is -2.04. The molecule has 0 aromatic carbocycles. The third kappa shape index (κ3) is 3.10. The van der Waals surface area contributed by atoms with E-state index in [9.17, 15) is 14.7 Å². The maximum Gasteiger partial charge on any atom is 0.307 e. The third-order valence-corrected chi connectivity index (χ3v) is 3.63. The summed E-state index contributed by atoms with van der Waals surface area (Å²) in [6.07, 6.45) is 4.56. The largest absolute Gasteiger partial charge is 0.481 e. The molecule has 0 fully saturated rings. The summed E-state index contributed by atoms with van der Waals surface area (Å²) in [5.74, 6) is -0.861. The van der Waals surface area contributed by atoms with E-state index in [1.54, 1.807) is 0 Å². The molecule has 2 N–H and O–H groups in total. The Morgan fingerprint density at radius 3 is 2.50 bits per heavy atom. The van der Waals surface area contributed by atoms with Crippen LogP contribution in [0.4, 0.5) is 0 Å². The van der Waals surface area contributed by atoms with Crippen molar-refractivity contribution in [2.45, 2.75) is 32.7 Å². The molecule has 2 rings (SSSR count). The van der Waals surface area contributed by atoms with Gasteiger partial charge in [-0.15, -0.1) is 0 Å². The number of amides is 1. The van der Waals surface area contributed by atoms with Crippen LogP contribution in [0.25, 0.3) is 0 Å². The van der Waals surface area contributed by atoms with E-state index < -0.39 is 17.8 Å². The Labute approximate surface area is 117 Å². The first-order chi connectivity index (χ1) is 9.49. The van der Waals surface area contributed by atoms with E-state index in [-0.39, 0.29) is 11.9 Å². The zero-order valence-electron chi connectivity index (χ0n) is 11.6. The van der Waals surface area contributed by atoms with E-state index in [4.69, 9.17) is 4.42 Å². The fourth-order valence-corrected chi connectivity index (χ4v) is 2.45. The number of nitrogens with one attached hydrogen (secondary N) is 1. The summed E-state index contributed by atoms with van der Waals surface area (Å²) in [4.78, 5) is 23.4. The fourth-order valence-electron chi connectivity index (χ4n) is 2.45. The summed E-state index contributed by atoms with van der Waals surface area (Å²) in [5, 5.41) is 12.0. The molecule has 1 aliphatic rings. The normalized spacial score (nSPS) is 23.3. The van der Waals surface area contributed by atoms with E-state index in [0.717, 1.165) is 5.76 Å². The van der Waals surface area contributed by atoms with Crippen molar-refractivity contribution in [3.8, 4) is 0 Å². The van der Waals surface area contributed by atoms with Gasteiger partial charge in [-0.3, -0.25) is 9.59 Å². The molecule has 0 spiro atoms. The first-order valence-corrected chi connectivity index (χ1v) is 6.73. The molecule has 0 bridgehead atoms. The molecular formula is C15H19NO4. The highest BCUT2D eigenvalue weighted by molar-refractivity contribution is 5.85. The van der Waals surface area contributed by atoms with Crippen molar-refractivity contribution in [1.82, 2.24) is 5.32 Å². The van der Waals surface area contributed by atoms with Gasteiger partial charge in [-0.05, 0) is 38.8 Å². The molecular weight excluding hydrogens is 258 g/mol. The number of carboxylic acids is 1. The minimum Gasteiger partial charge on any atom is -0.481 e. The Bertz CT molecular complexity index is 532. The first-order valence-electron chi connectivity index (χ1n) is 6.73. The highest BCUT2D eigenvalue weighted by atomic mass is 16.4. The average Bonchev–Trinajstić information content (AvgIpc) is 2.85. The number of hydrogen-bond donors (Lipinski definition) is 2. The second kappa shape index (κ2) is 5.94. The molecule has 1 aliphatic carbocycles. The number of carbonyl (C=O) groups is 2. The second-order valence-corrected chi connectivity index (χ2v) is 5.17. The lowest BCUT2D eigenvalue weighted by molar-refractivity contribution is -0.147. The number of carbonyl (C=O) groups excluding carboxylic acids is 1. The van der Waals surface area contributed by atoms with Crippen molar-refractivity contribution >= 4 is 11.9 Å². The molecule has 3 atom stereocenters. The molecule has 5 nitrogen and oxygen atoms in total. The molecule has 1 heterocycles. The van der Waals surface area contributed by atoms with Gasteiger partial charge < -0.3 is 14.8 Å². The predicted molar refractivity (Wildman–Crippen MR) is 73.0 cm³/mol. The molecule has 0 aliphatic heterocycles. The monoisotopic (exact) mass is 277 g/mol. The smallest absolute Gasteiger partial charge is 0.307 e. The van der Waals surface area contributed by atoms with Crippen LogP contribution in [0, 0.1) is 18.8 Å². The van der Waals surface area contributed by atoms with Crippen molar-refractivity contribution in [2.75, 3.05) is 0 Å². The molecule has 20 heavy (non-hydrogen) atoms. The van der Waals surface area contributed by atoms with Crippen LogP contribution in [0.2, 0.25) is 0 Å². The van der Waals surface area contributed by atoms with E-state index in [2.05, 4.69) is 5.32 Å². The van der Waals surface area contributed by atoms with Gasteiger partial charge in [0.2, 0.25) is 5.91 Å². The van der Waals surface area contributed by atoms with Crippen LogP contribution in [0.1, 0.15) is 37.3 Å². The van der Waals surface area contributed by atoms with Gasteiger partial charge in [-0.25, -0.2) is 0 Å². The summed E-state index contributed by atoms with van der Waals surface area (Å²) >= 11 is 0. The number of rotatable bonds is 4. The van der Waals surface area contributed by atoms with E-state index in [0.29, 0.717) is 18.6 Å². The van der Waals surface area contributed by atoms with Gasteiger partial charge in [-0.1, -0.05) is 12.2 Å². The predicted octanol–water partition coefficient (Wildman–Crippen LogP) is 2.43. The van der Waals surface area contributed by atoms with Crippen molar-refractivity contribution in [1.29, 1.82) is 0 Å². The van der Waals surface area contributed by atoms with Gasteiger partial charge in [0.15, 0.2) is 0 Å². The Morgan fingerprint density at radius 1 is 1.30 bits per heavy atom. The SMILES string of the molecule is Cc1ccc([C@H](C)NC(=O)[C@@H]2CC=CC[C@@H]2C(=O)O)o1. The summed E-state index contributed by atoms with van der Waals surface area (Å²) in [6.45, 7) is 3.66. The molecule has 1 aromatic rings. The van der Waals surface area contributed by atoms with Crippen LogP contribution < -0.4 is 5.32 Å². The lowest BCUT2D eigenvalue weighted by atomic mass is 9.82. The van der Waals surface area contributed by atoms with Crippen LogP contribution in [0.15, 0.2) is 28.7 Å². The highest BCUT2D eigenvalue weighted by Gasteiger charge is 2.34. The second-order valence-electron chi connectivity index (χ2n) is 5.17. The Morgan fingerprint density at radius 2 is 1.95 bits per heavy atom. The Kier molecular flexibility index (Phi) is 4.27. The molecule has 0 unspecified atom stereocenters. The van der Waals surface area contributed by atoms with Crippen molar-refractivity contribution < 1.29 is 19.1 Å². The van der Waals surface area contributed by atoms with Gasteiger partial charge in [0, 0.05) is 0 Å². The van der Waals surface area contributed by atoms with E-state index in [1.165, 1.54) is 0 Å². The number of aliphatic carboxylic acids is 1. The van der Waals surface area contributed by atoms with Gasteiger partial charge in [0.1, 0.15) is 11.5 Å². The zero-order chi connectivity index (χ0) is 14.7. The zero-order valence-corrected chi connectivity index (χ0v) is 11.6. The number of allylic oxidation sites excluding steroid dienone is 2. The standard InChI is InChI=1S/C15H19NO4/c1-9-7-8-13(20-9)10(2)16-14(17)11-5-3-4-6-12(11)15(18)19/h3-4,7-8,10-12H,5-6H2,1-2H3,(H,16,17)(H,18,19)/t10-,11+,12-/m0/s1. The minimum absolute atomic E-state index is 0.233. The van der Waals surface area contributed by atoms with Crippen LogP contribution in [0.3, 0.4) is 0 Å². The third-order valence-electron chi connectivity index (χ3n) is 3.63. The van der Waals surface area contributed by atoms with E-state index in [1.807, 2.05) is 38.1 Å². The van der Waals surface area contributed by atoms with Gasteiger partial charge in [0.05, 0.1) is 17.9 Å². The molecule has 0 radical (unpaired) electrons. The summed E-state index contributed by atoms with van der Waals surface area (Å²) in [7, 11) is 0. The summed E-state index contributed by atoms with van der Waals surface area (Å²) < 4.78 is 5.46. The molecule has 1 amide bonds. The average molecular weight is 277 g/mol. The number of furan rings is 1. The van der Waals surface area contributed by atoms with Crippen molar-refractivity contribution in [2.24, 2.45) is 11.8 Å². The quantitative estimate of drug-likeness (QED) is 0.828. The molecule has 1 aromatic heterocycles. The van der Waals surface area contributed by atoms with Crippen LogP contribution in [-0.2, 0) is 9.59 Å². The van der Waals surface area contributed by atoms with E-state index >= 15 is 0 Å². The number of hydrogen-bond acceptors (Lipinski definition) is 3. The number of carboxylic acid groups (broad SMARTS) is 1. The molecule has 0 saturated carbocycles. The topological polar surface area (TPSA) is 79.5 Å². The van der Waals surface area contributed by atoms with Crippen molar-refractivity contribution in [3.05, 3.63) is 35.8 Å². The van der Waals surface area contributed by atoms with Gasteiger partial charge >= 0.3 is 5.97 Å². The molecule has 0 saturated heterocycles. The van der Waals surface area contributed by atoms with Crippen LogP contribution in [0.5, 0.6) is 0 Å². The van der Waals surface area contributed by atoms with Crippen LogP contribution in [-0.4, -0.2) is 17.0 Å². The summed E-state index contributed by atoms with van der Waals surface area (Å²) in [6, 6.07) is 3.38. The maximum absolute atomic E-state index is 12.3. The Balaban J connectivity index is 2.03. The molecule has 108 valence electrons. The van der Waals surface area contributed by atoms with Crippen LogP contribution >= 0.6 is 0 Å². The first kappa shape index (κ1) is 14.4. The summed E-state index contributed by atoms with van der Waals surface area (Å²) in [5.41, 5.74) is 0. The van der Waals surface area contributed by atoms with Gasteiger partial charge in [-0.2, -0.15) is 0 Å². The fraction of sp³-hybridized carbons (Fsp3) is 0.467. The lowest BCUT2D eigenvalue weighted by Crippen LogP contribution is -2.39. The maximum atomic E-state index is 12.3. The minimum atomic E-state index is -0.920. The number of aryl methyl sites for hydroxylation is 1.